The molecule has 0 radical (unpaired) electrons. The zero-order valence-corrected chi connectivity index (χ0v) is 19.5. The Morgan fingerprint density at radius 3 is 2.44 bits per heavy atom. The molecule has 0 fully saturated rings. The summed E-state index contributed by atoms with van der Waals surface area (Å²) in [7, 11) is -3.46. The molecule has 1 N–H and O–H groups in total. The molecule has 0 unspecified atom stereocenters. The molecule has 0 bridgehead atoms. The summed E-state index contributed by atoms with van der Waals surface area (Å²) in [4.78, 5) is 13.3. The number of carbonyl (C=O) groups excluding carboxylic acids is 1. The van der Waals surface area contributed by atoms with E-state index in [0.29, 0.717) is 46.5 Å². The van der Waals surface area contributed by atoms with Crippen LogP contribution in [0, 0.1) is 5.82 Å². The van der Waals surface area contributed by atoms with Crippen molar-refractivity contribution < 1.29 is 22.0 Å². The summed E-state index contributed by atoms with van der Waals surface area (Å²) in [6, 6.07) is 9.33. The van der Waals surface area contributed by atoms with Crippen LogP contribution in [0.15, 0.2) is 40.8 Å². The Hall–Kier alpha value is -2.87. The van der Waals surface area contributed by atoms with E-state index in [2.05, 4.69) is 5.32 Å². The van der Waals surface area contributed by atoms with Crippen molar-refractivity contribution in [2.75, 3.05) is 17.1 Å². The fourth-order valence-electron chi connectivity index (χ4n) is 4.08. The predicted molar refractivity (Wildman–Crippen MR) is 124 cm³/mol. The number of hydrogen-bond donors (Lipinski definition) is 1. The average molecular weight is 459 g/mol. The van der Waals surface area contributed by atoms with Crippen LogP contribution >= 0.6 is 0 Å². The van der Waals surface area contributed by atoms with Gasteiger partial charge in [0.1, 0.15) is 17.2 Å². The van der Waals surface area contributed by atoms with Crippen LogP contribution in [0.4, 0.5) is 10.1 Å². The molecular weight excluding hydrogens is 431 g/mol. The topological polar surface area (TPSA) is 79.6 Å². The van der Waals surface area contributed by atoms with Gasteiger partial charge in [0.2, 0.25) is 10.0 Å². The van der Waals surface area contributed by atoms with Crippen LogP contribution in [-0.2, 0) is 16.4 Å². The van der Waals surface area contributed by atoms with E-state index in [4.69, 9.17) is 4.42 Å². The molecule has 8 heteroatoms. The maximum absolute atomic E-state index is 13.5. The van der Waals surface area contributed by atoms with Crippen molar-refractivity contribution in [2.45, 2.75) is 45.6 Å². The number of furan rings is 1. The summed E-state index contributed by atoms with van der Waals surface area (Å²) >= 11 is 0. The van der Waals surface area contributed by atoms with E-state index in [1.165, 1.54) is 22.7 Å². The summed E-state index contributed by atoms with van der Waals surface area (Å²) < 4.78 is 45.9. The molecule has 2 aromatic carbocycles. The summed E-state index contributed by atoms with van der Waals surface area (Å²) in [5.41, 5.74) is 2.31. The van der Waals surface area contributed by atoms with Crippen LogP contribution < -0.4 is 9.62 Å². The van der Waals surface area contributed by atoms with Gasteiger partial charge < -0.3 is 9.73 Å². The molecule has 0 saturated heterocycles. The van der Waals surface area contributed by atoms with Gasteiger partial charge >= 0.3 is 0 Å². The van der Waals surface area contributed by atoms with E-state index in [1.54, 1.807) is 18.2 Å². The molecule has 32 heavy (non-hydrogen) atoms. The second-order valence-electron chi connectivity index (χ2n) is 9.29. The minimum atomic E-state index is -3.46. The fourth-order valence-corrected chi connectivity index (χ4v) is 5.07. The quantitative estimate of drug-likeness (QED) is 0.607. The first-order valence-electron chi connectivity index (χ1n) is 10.6. The lowest BCUT2D eigenvalue weighted by atomic mass is 9.99. The minimum absolute atomic E-state index is 0.302. The lowest BCUT2D eigenvalue weighted by molar-refractivity contribution is 0.0921. The summed E-state index contributed by atoms with van der Waals surface area (Å²) in [6.07, 6.45) is 3.49. The molecular formula is C24H27FN2O4S. The van der Waals surface area contributed by atoms with E-state index in [9.17, 15) is 17.6 Å². The van der Waals surface area contributed by atoms with E-state index >= 15 is 0 Å². The number of fused-ring (bicyclic) bond motifs is 2. The lowest BCUT2D eigenvalue weighted by Crippen LogP contribution is -2.40. The molecule has 0 atom stereocenters. The highest BCUT2D eigenvalue weighted by Gasteiger charge is 2.29. The number of nitrogens with zero attached hydrogens (tertiary/aromatic N) is 1. The van der Waals surface area contributed by atoms with Crippen molar-refractivity contribution >= 4 is 32.6 Å². The van der Waals surface area contributed by atoms with Gasteiger partial charge in [-0.05, 0) is 75.9 Å². The zero-order valence-electron chi connectivity index (χ0n) is 18.7. The molecule has 1 aliphatic heterocycles. The number of aryl methyl sites for hydroxylation is 1. The van der Waals surface area contributed by atoms with E-state index in [0.717, 1.165) is 18.4 Å². The molecule has 1 aliphatic rings. The molecule has 0 spiro atoms. The molecule has 0 saturated carbocycles. The van der Waals surface area contributed by atoms with Crippen LogP contribution in [0.3, 0.4) is 0 Å². The number of amides is 1. The first-order valence-corrected chi connectivity index (χ1v) is 12.4. The zero-order chi connectivity index (χ0) is 23.3. The third kappa shape index (κ3) is 4.37. The number of benzene rings is 2. The highest BCUT2D eigenvalue weighted by atomic mass is 32.2. The first-order chi connectivity index (χ1) is 14.9. The number of nitrogens with one attached hydrogen (secondary N) is 1. The van der Waals surface area contributed by atoms with Crippen molar-refractivity contribution in [1.82, 2.24) is 5.32 Å². The summed E-state index contributed by atoms with van der Waals surface area (Å²) in [6.45, 7) is 6.07. The fraction of sp³-hybridized carbons (Fsp3) is 0.375. The third-order valence-electron chi connectivity index (χ3n) is 5.44. The first kappa shape index (κ1) is 22.3. The Bertz CT molecular complexity index is 1290. The smallest absolute Gasteiger partial charge is 0.256 e. The van der Waals surface area contributed by atoms with Crippen molar-refractivity contribution in [1.29, 1.82) is 0 Å². The van der Waals surface area contributed by atoms with E-state index in [1.807, 2.05) is 26.8 Å². The molecule has 0 aliphatic carbocycles. The Kier molecular flexibility index (Phi) is 5.53. The maximum Gasteiger partial charge on any atom is 0.256 e. The van der Waals surface area contributed by atoms with Gasteiger partial charge in [-0.3, -0.25) is 9.10 Å². The van der Waals surface area contributed by atoms with Gasteiger partial charge in [-0.1, -0.05) is 0 Å². The number of hydrogen-bond acceptors (Lipinski definition) is 4. The molecule has 170 valence electrons. The third-order valence-corrected chi connectivity index (χ3v) is 6.62. The molecule has 6 nitrogen and oxygen atoms in total. The summed E-state index contributed by atoms with van der Waals surface area (Å²) in [5.74, 6) is -0.363. The predicted octanol–water partition coefficient (Wildman–Crippen LogP) is 4.87. The Morgan fingerprint density at radius 2 is 1.81 bits per heavy atom. The Balaban J connectivity index is 1.98. The van der Waals surface area contributed by atoms with Gasteiger partial charge in [0.25, 0.3) is 5.91 Å². The normalized spacial score (nSPS) is 14.8. The van der Waals surface area contributed by atoms with Gasteiger partial charge in [0, 0.05) is 29.1 Å². The Labute approximate surface area is 187 Å². The molecule has 1 amide bonds. The van der Waals surface area contributed by atoms with Gasteiger partial charge in [0.15, 0.2) is 0 Å². The van der Waals surface area contributed by atoms with Gasteiger partial charge in [-0.25, -0.2) is 12.8 Å². The van der Waals surface area contributed by atoms with Crippen molar-refractivity contribution in [3.05, 3.63) is 53.3 Å². The number of halogens is 1. The van der Waals surface area contributed by atoms with Gasteiger partial charge in [-0.2, -0.15) is 0 Å². The number of rotatable bonds is 3. The SMILES string of the molecule is CC(C)(C)NC(=O)c1c(-c2ccc(F)cc2)oc2cc3c(cc12)CCCCN3S(C)(=O)=O. The van der Waals surface area contributed by atoms with Gasteiger partial charge in [-0.15, -0.1) is 0 Å². The van der Waals surface area contributed by atoms with E-state index in [-0.39, 0.29) is 11.7 Å². The second kappa shape index (κ2) is 7.92. The van der Waals surface area contributed by atoms with Crippen LogP contribution in [0.1, 0.15) is 49.5 Å². The lowest BCUT2D eigenvalue weighted by Gasteiger charge is -2.22. The number of carbonyl (C=O) groups is 1. The van der Waals surface area contributed by atoms with Crippen LogP contribution in [0.2, 0.25) is 0 Å². The van der Waals surface area contributed by atoms with Crippen molar-refractivity contribution in [3.8, 4) is 11.3 Å². The molecule has 1 aromatic heterocycles. The average Bonchev–Trinajstić information content (AvgIpc) is 2.90. The molecule has 2 heterocycles. The standard InChI is InChI=1S/C24H27FN2O4S/c1-24(2,3)26-23(28)21-18-13-16-7-5-6-12-27(32(4,29)30)19(16)14-20(18)31-22(21)15-8-10-17(25)11-9-15/h8-11,13-14H,5-7,12H2,1-4H3,(H,26,28). The van der Waals surface area contributed by atoms with Crippen molar-refractivity contribution in [2.24, 2.45) is 0 Å². The van der Waals surface area contributed by atoms with Crippen molar-refractivity contribution in [3.63, 3.8) is 0 Å². The maximum atomic E-state index is 13.5. The minimum Gasteiger partial charge on any atom is -0.455 e. The van der Waals surface area contributed by atoms with Gasteiger partial charge in [0.05, 0.1) is 17.5 Å². The number of sulfonamides is 1. The van der Waals surface area contributed by atoms with Crippen LogP contribution in [0.5, 0.6) is 0 Å². The van der Waals surface area contributed by atoms with Crippen LogP contribution in [0.25, 0.3) is 22.3 Å². The van der Waals surface area contributed by atoms with E-state index < -0.39 is 15.6 Å². The number of anilines is 1. The highest BCUT2D eigenvalue weighted by Crippen LogP contribution is 2.39. The largest absolute Gasteiger partial charge is 0.455 e. The Morgan fingerprint density at radius 1 is 1.12 bits per heavy atom. The highest BCUT2D eigenvalue weighted by molar-refractivity contribution is 7.92. The van der Waals surface area contributed by atoms with Crippen LogP contribution in [-0.4, -0.2) is 32.7 Å². The molecule has 3 aromatic rings. The monoisotopic (exact) mass is 458 g/mol. The molecule has 4 rings (SSSR count). The second-order valence-corrected chi connectivity index (χ2v) is 11.2. The summed E-state index contributed by atoms with van der Waals surface area (Å²) in [5, 5.41) is 3.59.